The number of aromatic amines is 1. The van der Waals surface area contributed by atoms with Gasteiger partial charge in [0.25, 0.3) is 0 Å². The normalized spacial score (nSPS) is 11.1. The van der Waals surface area contributed by atoms with E-state index in [0.717, 1.165) is 5.16 Å². The average molecular weight is 297 g/mol. The highest BCUT2D eigenvalue weighted by Crippen LogP contribution is 2.16. The lowest BCUT2D eigenvalue weighted by Crippen LogP contribution is -1.85. The molecule has 1 N–H and O–H groups in total. The van der Waals surface area contributed by atoms with Crippen molar-refractivity contribution in [3.63, 3.8) is 0 Å². The molecule has 0 atom stereocenters. The number of H-pyrrole nitrogens is 1. The molecular weight excluding hydrogens is 264 g/mol. The van der Waals surface area contributed by atoms with Gasteiger partial charge in [-0.15, -0.1) is 0 Å². The first-order valence-electron chi connectivity index (χ1n) is 8.55. The Bertz CT molecular complexity index is 285. The van der Waals surface area contributed by atoms with E-state index in [-0.39, 0.29) is 0 Å². The van der Waals surface area contributed by atoms with Crippen molar-refractivity contribution in [2.45, 2.75) is 89.1 Å². The van der Waals surface area contributed by atoms with E-state index in [1.165, 1.54) is 82.8 Å². The van der Waals surface area contributed by atoms with E-state index >= 15 is 0 Å². The van der Waals surface area contributed by atoms with Gasteiger partial charge < -0.3 is 4.98 Å². The van der Waals surface area contributed by atoms with Crippen molar-refractivity contribution >= 4 is 11.8 Å². The van der Waals surface area contributed by atoms with E-state index in [9.17, 15) is 0 Å². The molecule has 1 aromatic rings. The number of rotatable bonds is 14. The minimum Gasteiger partial charge on any atom is -0.340 e. The number of aromatic nitrogens is 2. The van der Waals surface area contributed by atoms with E-state index in [4.69, 9.17) is 0 Å². The lowest BCUT2D eigenvalue weighted by molar-refractivity contribution is 0.548. The molecule has 1 rings (SSSR count). The molecule has 0 unspecified atom stereocenters. The number of thioether (sulfide) groups is 1. The predicted molar refractivity (Wildman–Crippen MR) is 90.4 cm³/mol. The van der Waals surface area contributed by atoms with E-state index in [1.54, 1.807) is 0 Å². The van der Waals surface area contributed by atoms with Gasteiger partial charge in [0.05, 0.1) is 0 Å². The maximum Gasteiger partial charge on any atom is 0.165 e. The van der Waals surface area contributed by atoms with Gasteiger partial charge in [-0.3, -0.25) is 0 Å². The number of nitrogens with zero attached hydrogens (tertiary/aromatic N) is 1. The highest BCUT2D eigenvalue weighted by Gasteiger charge is 1.96. The van der Waals surface area contributed by atoms with Gasteiger partial charge in [0.1, 0.15) is 0 Å². The Morgan fingerprint density at radius 2 is 1.40 bits per heavy atom. The van der Waals surface area contributed by atoms with Crippen molar-refractivity contribution in [1.82, 2.24) is 9.97 Å². The molecule has 0 bridgehead atoms. The van der Waals surface area contributed by atoms with Crippen LogP contribution < -0.4 is 0 Å². The van der Waals surface area contributed by atoms with Gasteiger partial charge in [-0.2, -0.15) is 0 Å². The summed E-state index contributed by atoms with van der Waals surface area (Å²) < 4.78 is 0. The average Bonchev–Trinajstić information content (AvgIpc) is 2.97. The summed E-state index contributed by atoms with van der Waals surface area (Å²) in [7, 11) is 0. The Labute approximate surface area is 129 Å². The molecule has 0 fully saturated rings. The summed E-state index contributed by atoms with van der Waals surface area (Å²) in [6.07, 6.45) is 20.8. The maximum atomic E-state index is 4.22. The molecule has 1 heterocycles. The first-order chi connectivity index (χ1) is 9.93. The number of hydrogen-bond acceptors (Lipinski definition) is 2. The zero-order chi connectivity index (χ0) is 14.3. The molecule has 2 nitrogen and oxygen atoms in total. The number of unbranched alkanes of at least 4 members (excludes halogenated alkanes) is 11. The van der Waals surface area contributed by atoms with Crippen molar-refractivity contribution in [2.75, 3.05) is 5.75 Å². The summed E-state index contributed by atoms with van der Waals surface area (Å²) in [4.78, 5) is 7.35. The summed E-state index contributed by atoms with van der Waals surface area (Å²) in [5.74, 6) is 1.20. The molecule has 0 saturated carbocycles. The van der Waals surface area contributed by atoms with Crippen LogP contribution in [0.5, 0.6) is 0 Å². The van der Waals surface area contributed by atoms with Gasteiger partial charge in [0, 0.05) is 18.1 Å². The van der Waals surface area contributed by atoms with Crippen molar-refractivity contribution in [3.05, 3.63) is 12.4 Å². The third-order valence-electron chi connectivity index (χ3n) is 3.71. The number of hydrogen-bond donors (Lipinski definition) is 1. The predicted octanol–water partition coefficient (Wildman–Crippen LogP) is 6.20. The summed E-state index contributed by atoms with van der Waals surface area (Å²) in [5.41, 5.74) is 0. The van der Waals surface area contributed by atoms with Crippen molar-refractivity contribution in [1.29, 1.82) is 0 Å². The molecule has 0 radical (unpaired) electrons. The molecular formula is C17H32N2S. The van der Waals surface area contributed by atoms with Gasteiger partial charge in [-0.25, -0.2) is 4.98 Å². The van der Waals surface area contributed by atoms with Gasteiger partial charge in [-0.1, -0.05) is 89.3 Å². The number of imidazole rings is 1. The topological polar surface area (TPSA) is 28.7 Å². The fourth-order valence-electron chi connectivity index (χ4n) is 2.44. The Balaban J connectivity index is 1.70. The van der Waals surface area contributed by atoms with E-state index in [0.29, 0.717) is 0 Å². The van der Waals surface area contributed by atoms with Gasteiger partial charge in [0.15, 0.2) is 5.16 Å². The van der Waals surface area contributed by atoms with Crippen molar-refractivity contribution in [3.8, 4) is 0 Å². The van der Waals surface area contributed by atoms with E-state index in [2.05, 4.69) is 16.9 Å². The highest BCUT2D eigenvalue weighted by molar-refractivity contribution is 7.99. The molecule has 3 heteroatoms. The smallest absolute Gasteiger partial charge is 0.165 e. The second-order valence-corrected chi connectivity index (χ2v) is 6.72. The van der Waals surface area contributed by atoms with Crippen LogP contribution in [0.15, 0.2) is 17.6 Å². The molecule has 116 valence electrons. The second kappa shape index (κ2) is 13.5. The van der Waals surface area contributed by atoms with Gasteiger partial charge in [0.2, 0.25) is 0 Å². The van der Waals surface area contributed by atoms with Gasteiger partial charge in [-0.05, 0) is 6.42 Å². The highest BCUT2D eigenvalue weighted by atomic mass is 32.2. The van der Waals surface area contributed by atoms with E-state index < -0.39 is 0 Å². The van der Waals surface area contributed by atoms with Crippen LogP contribution in [0.4, 0.5) is 0 Å². The molecule has 1 aromatic heterocycles. The fourth-order valence-corrected chi connectivity index (χ4v) is 3.27. The lowest BCUT2D eigenvalue weighted by Gasteiger charge is -2.02. The fraction of sp³-hybridized carbons (Fsp3) is 0.824. The quantitative estimate of drug-likeness (QED) is 0.327. The standard InChI is InChI=1S/C17H32N2S/c1-2-3-4-5-6-7-8-9-10-11-12-13-16-20-17-18-14-15-19-17/h14-15H,2-13,16H2,1H3,(H,18,19). The van der Waals surface area contributed by atoms with Crippen LogP contribution in [0, 0.1) is 0 Å². The summed E-state index contributed by atoms with van der Waals surface area (Å²) in [5, 5.41) is 1.06. The Morgan fingerprint density at radius 1 is 0.850 bits per heavy atom. The van der Waals surface area contributed by atoms with Crippen LogP contribution in [-0.4, -0.2) is 15.7 Å². The first-order valence-corrected chi connectivity index (χ1v) is 9.54. The van der Waals surface area contributed by atoms with Crippen LogP contribution in [0.3, 0.4) is 0 Å². The zero-order valence-electron chi connectivity index (χ0n) is 13.2. The molecule has 0 aromatic carbocycles. The monoisotopic (exact) mass is 296 g/mol. The third kappa shape index (κ3) is 10.4. The third-order valence-corrected chi connectivity index (χ3v) is 4.70. The Hall–Kier alpha value is -0.440. The minimum absolute atomic E-state index is 1.06. The van der Waals surface area contributed by atoms with Crippen LogP contribution in [0.1, 0.15) is 84.0 Å². The largest absolute Gasteiger partial charge is 0.340 e. The van der Waals surface area contributed by atoms with E-state index in [1.807, 2.05) is 24.2 Å². The second-order valence-electron chi connectivity index (χ2n) is 5.63. The molecule has 0 aliphatic rings. The van der Waals surface area contributed by atoms with Crippen molar-refractivity contribution in [2.24, 2.45) is 0 Å². The van der Waals surface area contributed by atoms with Crippen LogP contribution in [0.2, 0.25) is 0 Å². The first kappa shape index (κ1) is 17.6. The maximum absolute atomic E-state index is 4.22. The summed E-state index contributed by atoms with van der Waals surface area (Å²) >= 11 is 1.84. The SMILES string of the molecule is CCCCCCCCCCCCCCSc1ncc[nH]1. The zero-order valence-corrected chi connectivity index (χ0v) is 14.0. The van der Waals surface area contributed by atoms with Crippen LogP contribution >= 0.6 is 11.8 Å². The Kier molecular flexibility index (Phi) is 11.9. The number of nitrogens with one attached hydrogen (secondary N) is 1. The molecule has 0 saturated heterocycles. The molecule has 0 aliphatic carbocycles. The van der Waals surface area contributed by atoms with Crippen molar-refractivity contribution < 1.29 is 0 Å². The molecule has 20 heavy (non-hydrogen) atoms. The summed E-state index contributed by atoms with van der Waals surface area (Å²) in [6, 6.07) is 0. The molecule has 0 aliphatic heterocycles. The van der Waals surface area contributed by atoms with Crippen LogP contribution in [-0.2, 0) is 0 Å². The molecule has 0 amide bonds. The summed E-state index contributed by atoms with van der Waals surface area (Å²) in [6.45, 7) is 2.28. The Morgan fingerprint density at radius 3 is 1.90 bits per heavy atom. The van der Waals surface area contributed by atoms with Crippen LogP contribution in [0.25, 0.3) is 0 Å². The minimum atomic E-state index is 1.06. The van der Waals surface area contributed by atoms with Gasteiger partial charge >= 0.3 is 0 Å². The lowest BCUT2D eigenvalue weighted by atomic mass is 10.1. The molecule has 0 spiro atoms.